The summed E-state index contributed by atoms with van der Waals surface area (Å²) in [6.07, 6.45) is 1.47. The van der Waals surface area contributed by atoms with Crippen LogP contribution in [0.25, 0.3) is 0 Å². The van der Waals surface area contributed by atoms with Gasteiger partial charge in [-0.05, 0) is 47.5 Å². The van der Waals surface area contributed by atoms with Gasteiger partial charge >= 0.3 is 0 Å². The third kappa shape index (κ3) is 4.72. The van der Waals surface area contributed by atoms with Crippen LogP contribution >= 0.6 is 0 Å². The smallest absolute Gasteiger partial charge is 0.291 e. The van der Waals surface area contributed by atoms with E-state index in [-0.39, 0.29) is 18.5 Å². The number of anilines is 1. The maximum absolute atomic E-state index is 12.0. The molecule has 0 saturated carbocycles. The van der Waals surface area contributed by atoms with E-state index in [4.69, 9.17) is 13.9 Å². The molecule has 3 N–H and O–H groups in total. The number of amides is 1. The van der Waals surface area contributed by atoms with E-state index in [1.165, 1.54) is 6.26 Å². The van der Waals surface area contributed by atoms with Gasteiger partial charge in [0.2, 0.25) is 6.79 Å². The molecule has 1 aliphatic heterocycles. The summed E-state index contributed by atoms with van der Waals surface area (Å²) in [5, 5.41) is 9.34. The Morgan fingerprint density at radius 1 is 0.967 bits per heavy atom. The van der Waals surface area contributed by atoms with Crippen molar-refractivity contribution >= 4 is 17.6 Å². The maximum Gasteiger partial charge on any atom is 0.291 e. The van der Waals surface area contributed by atoms with Crippen molar-refractivity contribution < 1.29 is 18.7 Å². The molecule has 2 heterocycles. The molecule has 0 radical (unpaired) electrons. The van der Waals surface area contributed by atoms with Gasteiger partial charge in [-0.1, -0.05) is 18.2 Å². The van der Waals surface area contributed by atoms with Crippen molar-refractivity contribution in [3.8, 4) is 11.5 Å². The minimum Gasteiger partial charge on any atom is -0.459 e. The highest BCUT2D eigenvalue weighted by Gasteiger charge is 2.13. The second-order valence-electron chi connectivity index (χ2n) is 6.60. The maximum atomic E-state index is 12.0. The normalized spacial score (nSPS) is 12.5. The number of nitrogens with one attached hydrogen (secondary N) is 3. The lowest BCUT2D eigenvalue weighted by atomic mass is 10.2. The Morgan fingerprint density at radius 3 is 2.43 bits per heavy atom. The Morgan fingerprint density at radius 2 is 1.70 bits per heavy atom. The number of carbonyl (C=O) groups excluding carboxylic acids is 1. The number of ether oxygens (including phenoxy) is 2. The lowest BCUT2D eigenvalue weighted by Gasteiger charge is -2.13. The fraction of sp³-hybridized carbons (Fsp3) is 0.182. The first-order valence-corrected chi connectivity index (χ1v) is 9.48. The molecule has 0 unspecified atom stereocenters. The molecule has 3 aromatic rings. The summed E-state index contributed by atoms with van der Waals surface area (Å²) in [6, 6.07) is 16.7. The van der Waals surface area contributed by atoms with Crippen molar-refractivity contribution in [3.05, 3.63) is 77.7 Å². The Kier molecular flexibility index (Phi) is 5.84. The van der Waals surface area contributed by atoms with Crippen molar-refractivity contribution in [1.29, 1.82) is 0 Å². The zero-order valence-corrected chi connectivity index (χ0v) is 16.5. The second kappa shape index (κ2) is 9.04. The first-order valence-electron chi connectivity index (χ1n) is 9.48. The molecule has 2 aromatic carbocycles. The third-order valence-corrected chi connectivity index (χ3v) is 4.54. The molecule has 4 rings (SSSR count). The SMILES string of the molecule is CN=C(NCc1ccc(NC(=O)c2ccco2)cc1)NCc1ccc2c(c1)OCO2. The van der Waals surface area contributed by atoms with Crippen LogP contribution in [0.15, 0.2) is 70.3 Å². The van der Waals surface area contributed by atoms with Crippen molar-refractivity contribution in [3.63, 3.8) is 0 Å². The van der Waals surface area contributed by atoms with Gasteiger partial charge in [0.25, 0.3) is 5.91 Å². The van der Waals surface area contributed by atoms with Crippen LogP contribution in [0.1, 0.15) is 21.7 Å². The van der Waals surface area contributed by atoms with E-state index < -0.39 is 0 Å². The number of benzene rings is 2. The van der Waals surface area contributed by atoms with Crippen LogP contribution in [0, 0.1) is 0 Å². The summed E-state index contributed by atoms with van der Waals surface area (Å²) in [6.45, 7) is 1.46. The van der Waals surface area contributed by atoms with Crippen molar-refractivity contribution in [2.75, 3.05) is 19.2 Å². The molecule has 8 nitrogen and oxygen atoms in total. The van der Waals surface area contributed by atoms with E-state index in [0.29, 0.717) is 24.7 Å². The molecule has 0 saturated heterocycles. The molecule has 30 heavy (non-hydrogen) atoms. The number of fused-ring (bicyclic) bond motifs is 1. The lowest BCUT2D eigenvalue weighted by molar-refractivity contribution is 0.0996. The number of nitrogens with zero attached hydrogens (tertiary/aromatic N) is 1. The van der Waals surface area contributed by atoms with Gasteiger partial charge in [-0.15, -0.1) is 0 Å². The van der Waals surface area contributed by atoms with Crippen LogP contribution in [0.3, 0.4) is 0 Å². The highest BCUT2D eigenvalue weighted by molar-refractivity contribution is 6.02. The molecule has 0 atom stereocenters. The van der Waals surface area contributed by atoms with Crippen LogP contribution in [-0.2, 0) is 13.1 Å². The van der Waals surface area contributed by atoms with E-state index >= 15 is 0 Å². The van der Waals surface area contributed by atoms with Crippen molar-refractivity contribution in [2.24, 2.45) is 4.99 Å². The van der Waals surface area contributed by atoms with E-state index in [0.717, 1.165) is 22.6 Å². The molecular weight excluding hydrogens is 384 g/mol. The van der Waals surface area contributed by atoms with Gasteiger partial charge < -0.3 is 29.8 Å². The number of carbonyl (C=O) groups is 1. The molecule has 1 aromatic heterocycles. The van der Waals surface area contributed by atoms with Gasteiger partial charge in [-0.25, -0.2) is 0 Å². The molecular formula is C22H22N4O4. The van der Waals surface area contributed by atoms with Crippen LogP contribution < -0.4 is 25.4 Å². The third-order valence-electron chi connectivity index (χ3n) is 4.54. The summed E-state index contributed by atoms with van der Waals surface area (Å²) in [7, 11) is 1.72. The largest absolute Gasteiger partial charge is 0.459 e. The molecule has 0 bridgehead atoms. The second-order valence-corrected chi connectivity index (χ2v) is 6.60. The number of guanidine groups is 1. The van der Waals surface area contributed by atoms with E-state index in [1.807, 2.05) is 42.5 Å². The highest BCUT2D eigenvalue weighted by atomic mass is 16.7. The Labute approximate surface area is 173 Å². The lowest BCUT2D eigenvalue weighted by Crippen LogP contribution is -2.36. The Bertz CT molecular complexity index is 1030. The fourth-order valence-corrected chi connectivity index (χ4v) is 2.95. The van der Waals surface area contributed by atoms with Gasteiger partial charge in [-0.2, -0.15) is 0 Å². The summed E-state index contributed by atoms with van der Waals surface area (Å²) < 4.78 is 15.8. The number of hydrogen-bond acceptors (Lipinski definition) is 5. The van der Waals surface area contributed by atoms with Gasteiger partial charge in [0, 0.05) is 25.8 Å². The first kappa shape index (κ1) is 19.4. The average Bonchev–Trinajstić information content (AvgIpc) is 3.47. The molecule has 154 valence electrons. The van der Waals surface area contributed by atoms with Crippen LogP contribution in [0.5, 0.6) is 11.5 Å². The standard InChI is InChI=1S/C22H22N4O4/c1-23-22(25-13-16-6-9-18-20(11-16)30-14-29-18)24-12-15-4-7-17(8-5-15)26-21(27)19-3-2-10-28-19/h2-11H,12-14H2,1H3,(H,26,27)(H2,23,24,25). The quantitative estimate of drug-likeness (QED) is 0.430. The molecule has 1 aliphatic rings. The van der Waals surface area contributed by atoms with E-state index in [2.05, 4.69) is 20.9 Å². The summed E-state index contributed by atoms with van der Waals surface area (Å²) >= 11 is 0. The van der Waals surface area contributed by atoms with Gasteiger partial charge in [0.1, 0.15) is 0 Å². The zero-order valence-electron chi connectivity index (χ0n) is 16.5. The summed E-state index contributed by atoms with van der Waals surface area (Å²) in [4.78, 5) is 16.3. The van der Waals surface area contributed by atoms with Gasteiger partial charge in [0.05, 0.1) is 6.26 Å². The van der Waals surface area contributed by atoms with Gasteiger partial charge in [0.15, 0.2) is 23.2 Å². The predicted octanol–water partition coefficient (Wildman–Crippen LogP) is 3.13. The number of furan rings is 1. The zero-order chi connectivity index (χ0) is 20.8. The van der Waals surface area contributed by atoms with Crippen molar-refractivity contribution in [1.82, 2.24) is 10.6 Å². The minimum atomic E-state index is -0.279. The van der Waals surface area contributed by atoms with Crippen LogP contribution in [-0.4, -0.2) is 25.7 Å². The van der Waals surface area contributed by atoms with E-state index in [9.17, 15) is 4.79 Å². The Balaban J connectivity index is 1.26. The molecule has 1 amide bonds. The number of hydrogen-bond donors (Lipinski definition) is 3. The number of rotatable bonds is 6. The van der Waals surface area contributed by atoms with Crippen molar-refractivity contribution in [2.45, 2.75) is 13.1 Å². The monoisotopic (exact) mass is 406 g/mol. The molecule has 8 heteroatoms. The van der Waals surface area contributed by atoms with Gasteiger partial charge in [-0.3, -0.25) is 9.79 Å². The minimum absolute atomic E-state index is 0.265. The molecule has 0 spiro atoms. The molecule has 0 fully saturated rings. The predicted molar refractivity (Wildman–Crippen MR) is 113 cm³/mol. The highest BCUT2D eigenvalue weighted by Crippen LogP contribution is 2.32. The summed E-state index contributed by atoms with van der Waals surface area (Å²) in [5.41, 5.74) is 2.82. The van der Waals surface area contributed by atoms with Crippen LogP contribution in [0.4, 0.5) is 5.69 Å². The topological polar surface area (TPSA) is 97.1 Å². The first-order chi connectivity index (χ1) is 14.7. The molecule has 0 aliphatic carbocycles. The summed E-state index contributed by atoms with van der Waals surface area (Å²) in [5.74, 6) is 2.21. The fourth-order valence-electron chi connectivity index (χ4n) is 2.95. The number of aliphatic imine (C=N–C) groups is 1. The van der Waals surface area contributed by atoms with E-state index in [1.54, 1.807) is 19.2 Å². The average molecular weight is 406 g/mol. The van der Waals surface area contributed by atoms with Crippen LogP contribution in [0.2, 0.25) is 0 Å². The Hall–Kier alpha value is -3.94.